The third-order valence-electron chi connectivity index (χ3n) is 3.93. The fourth-order valence-corrected chi connectivity index (χ4v) is 2.91. The van der Waals surface area contributed by atoms with Crippen molar-refractivity contribution in [1.82, 2.24) is 9.97 Å². The number of nitrogens with zero attached hydrogens (tertiary/aromatic N) is 3. The second kappa shape index (κ2) is 7.59. The number of piperidine rings is 1. The van der Waals surface area contributed by atoms with Crippen LogP contribution in [0.1, 0.15) is 29.0 Å². The Morgan fingerprint density at radius 2 is 2.25 bits per heavy atom. The summed E-state index contributed by atoms with van der Waals surface area (Å²) >= 11 is 5.88. The fraction of sp³-hybridized carbons (Fsp3) is 0.353. The Morgan fingerprint density at radius 3 is 3.00 bits per heavy atom. The molecule has 0 aromatic carbocycles. The van der Waals surface area contributed by atoms with Gasteiger partial charge in [-0.2, -0.15) is 0 Å². The third kappa shape index (κ3) is 4.01. The molecule has 1 aliphatic heterocycles. The summed E-state index contributed by atoms with van der Waals surface area (Å²) in [5, 5.41) is 9.30. The number of anilines is 1. The lowest BCUT2D eigenvalue weighted by Gasteiger charge is -2.33. The molecule has 24 heavy (non-hydrogen) atoms. The maximum Gasteiger partial charge on any atom is 0.356 e. The van der Waals surface area contributed by atoms with Gasteiger partial charge in [0, 0.05) is 19.3 Å². The van der Waals surface area contributed by atoms with Crippen molar-refractivity contribution in [3.05, 3.63) is 52.9 Å². The number of carboxylic acids is 1. The second-order valence-corrected chi connectivity index (χ2v) is 6.05. The van der Waals surface area contributed by atoms with E-state index in [1.807, 2.05) is 23.1 Å². The van der Waals surface area contributed by atoms with Gasteiger partial charge >= 0.3 is 5.97 Å². The summed E-state index contributed by atoms with van der Waals surface area (Å²) in [6.45, 7) is 1.95. The van der Waals surface area contributed by atoms with Crippen molar-refractivity contribution < 1.29 is 14.6 Å². The molecule has 126 valence electrons. The first-order chi connectivity index (χ1) is 11.6. The molecule has 6 nitrogen and oxygen atoms in total. The Hall–Kier alpha value is -2.18. The summed E-state index contributed by atoms with van der Waals surface area (Å²) in [4.78, 5) is 21.6. The number of carboxylic acid groups (broad SMARTS) is 1. The van der Waals surface area contributed by atoms with Crippen LogP contribution >= 0.6 is 11.6 Å². The summed E-state index contributed by atoms with van der Waals surface area (Å²) in [6.07, 6.45) is 3.73. The first kappa shape index (κ1) is 16.7. The number of pyridine rings is 2. The minimum absolute atomic E-state index is 0.0616. The van der Waals surface area contributed by atoms with Gasteiger partial charge in [0.2, 0.25) is 0 Å². The van der Waals surface area contributed by atoms with Crippen LogP contribution < -0.4 is 4.90 Å². The number of hydrogen-bond donors (Lipinski definition) is 1. The molecule has 3 heterocycles. The molecule has 1 aliphatic rings. The highest BCUT2D eigenvalue weighted by Crippen LogP contribution is 2.23. The lowest BCUT2D eigenvalue weighted by Crippen LogP contribution is -2.40. The van der Waals surface area contributed by atoms with E-state index >= 15 is 0 Å². The quantitative estimate of drug-likeness (QED) is 0.896. The molecule has 1 saturated heterocycles. The van der Waals surface area contributed by atoms with Crippen molar-refractivity contribution in [1.29, 1.82) is 0 Å². The number of halogens is 1. The zero-order valence-corrected chi connectivity index (χ0v) is 13.8. The normalized spacial score (nSPS) is 17.7. The van der Waals surface area contributed by atoms with Crippen molar-refractivity contribution >= 4 is 23.4 Å². The molecule has 0 bridgehead atoms. The Bertz CT molecular complexity index is 711. The molecule has 0 aliphatic carbocycles. The zero-order chi connectivity index (χ0) is 16.9. The highest BCUT2D eigenvalue weighted by Gasteiger charge is 2.23. The average molecular weight is 348 g/mol. The van der Waals surface area contributed by atoms with Gasteiger partial charge in [-0.05, 0) is 37.1 Å². The van der Waals surface area contributed by atoms with Gasteiger partial charge in [0.1, 0.15) is 5.82 Å². The largest absolute Gasteiger partial charge is 0.476 e. The molecule has 2 aromatic rings. The van der Waals surface area contributed by atoms with Crippen LogP contribution in [0.25, 0.3) is 0 Å². The summed E-state index contributed by atoms with van der Waals surface area (Å²) < 4.78 is 5.95. The minimum Gasteiger partial charge on any atom is -0.476 e. The average Bonchev–Trinajstić information content (AvgIpc) is 2.61. The van der Waals surface area contributed by atoms with E-state index in [0.717, 1.165) is 25.1 Å². The van der Waals surface area contributed by atoms with Gasteiger partial charge in [0.05, 0.1) is 23.4 Å². The molecule has 0 saturated carbocycles. The van der Waals surface area contributed by atoms with Gasteiger partial charge in [0.15, 0.2) is 5.69 Å². The number of aromatic nitrogens is 2. The molecule has 1 unspecified atom stereocenters. The van der Waals surface area contributed by atoms with Crippen LogP contribution in [0.3, 0.4) is 0 Å². The molecule has 1 N–H and O–H groups in total. The minimum atomic E-state index is -1.12. The molecule has 0 spiro atoms. The number of aromatic carboxylic acids is 1. The SMILES string of the molecule is O=C(O)c1nc(N2CCCC(OCc3ccccn3)C2)ccc1Cl. The van der Waals surface area contributed by atoms with Gasteiger partial charge in [-0.15, -0.1) is 0 Å². The Balaban J connectivity index is 1.65. The van der Waals surface area contributed by atoms with E-state index in [2.05, 4.69) is 9.97 Å². The topological polar surface area (TPSA) is 75.5 Å². The smallest absolute Gasteiger partial charge is 0.356 e. The van der Waals surface area contributed by atoms with Gasteiger partial charge in [-0.25, -0.2) is 9.78 Å². The number of carbonyl (C=O) groups is 1. The maximum atomic E-state index is 11.2. The Morgan fingerprint density at radius 1 is 1.38 bits per heavy atom. The van der Waals surface area contributed by atoms with Gasteiger partial charge in [-0.1, -0.05) is 17.7 Å². The van der Waals surface area contributed by atoms with Crippen LogP contribution in [0.15, 0.2) is 36.5 Å². The third-order valence-corrected chi connectivity index (χ3v) is 4.23. The van der Waals surface area contributed by atoms with E-state index < -0.39 is 5.97 Å². The first-order valence-electron chi connectivity index (χ1n) is 7.80. The van der Waals surface area contributed by atoms with E-state index in [1.54, 1.807) is 18.3 Å². The Labute approximate surface area is 145 Å². The first-order valence-corrected chi connectivity index (χ1v) is 8.17. The predicted molar refractivity (Wildman–Crippen MR) is 90.5 cm³/mol. The van der Waals surface area contributed by atoms with Crippen LogP contribution in [0.2, 0.25) is 5.02 Å². The van der Waals surface area contributed by atoms with Crippen molar-refractivity contribution in [3.8, 4) is 0 Å². The molecule has 0 amide bonds. The predicted octanol–water partition coefficient (Wildman–Crippen LogP) is 3.01. The van der Waals surface area contributed by atoms with Crippen LogP contribution in [0, 0.1) is 0 Å². The molecule has 2 aromatic heterocycles. The summed E-state index contributed by atoms with van der Waals surface area (Å²) in [5.41, 5.74) is 0.776. The number of ether oxygens (including phenoxy) is 1. The molecular formula is C17H18ClN3O3. The van der Waals surface area contributed by atoms with Gasteiger partial charge in [0.25, 0.3) is 0 Å². The van der Waals surface area contributed by atoms with E-state index in [-0.39, 0.29) is 16.8 Å². The maximum absolute atomic E-state index is 11.2. The monoisotopic (exact) mass is 347 g/mol. The molecule has 3 rings (SSSR count). The summed E-state index contributed by atoms with van der Waals surface area (Å²) in [7, 11) is 0. The zero-order valence-electron chi connectivity index (χ0n) is 13.1. The lowest BCUT2D eigenvalue weighted by atomic mass is 10.1. The summed E-state index contributed by atoms with van der Waals surface area (Å²) in [6, 6.07) is 9.06. The fourth-order valence-electron chi connectivity index (χ4n) is 2.73. The highest BCUT2D eigenvalue weighted by atomic mass is 35.5. The molecule has 1 fully saturated rings. The van der Waals surface area contributed by atoms with Crippen molar-refractivity contribution in [2.45, 2.75) is 25.6 Å². The van der Waals surface area contributed by atoms with Crippen LogP contribution in [-0.2, 0) is 11.3 Å². The summed E-state index contributed by atoms with van der Waals surface area (Å²) in [5.74, 6) is -0.509. The van der Waals surface area contributed by atoms with Crippen LogP contribution in [0.4, 0.5) is 5.82 Å². The second-order valence-electron chi connectivity index (χ2n) is 5.65. The van der Waals surface area contributed by atoms with Gasteiger partial charge in [-0.3, -0.25) is 4.98 Å². The molecule has 0 radical (unpaired) electrons. The Kier molecular flexibility index (Phi) is 5.27. The molecular weight excluding hydrogens is 330 g/mol. The number of hydrogen-bond acceptors (Lipinski definition) is 5. The van der Waals surface area contributed by atoms with Crippen LogP contribution in [0.5, 0.6) is 0 Å². The van der Waals surface area contributed by atoms with Gasteiger partial charge < -0.3 is 14.7 Å². The lowest BCUT2D eigenvalue weighted by molar-refractivity contribution is 0.0297. The highest BCUT2D eigenvalue weighted by molar-refractivity contribution is 6.33. The standard InChI is InChI=1S/C17H18ClN3O3/c18-14-6-7-15(20-16(14)17(22)23)21-9-3-5-13(10-21)24-11-12-4-1-2-8-19-12/h1-2,4,6-8,13H,3,5,9-11H2,(H,22,23). The molecule has 7 heteroatoms. The van der Waals surface area contributed by atoms with Crippen molar-refractivity contribution in [3.63, 3.8) is 0 Å². The van der Waals surface area contributed by atoms with Crippen LogP contribution in [-0.4, -0.2) is 40.2 Å². The number of rotatable bonds is 5. The molecule has 1 atom stereocenters. The van der Waals surface area contributed by atoms with E-state index in [9.17, 15) is 4.79 Å². The van der Waals surface area contributed by atoms with E-state index in [4.69, 9.17) is 21.4 Å². The van der Waals surface area contributed by atoms with Crippen molar-refractivity contribution in [2.75, 3.05) is 18.0 Å². The van der Waals surface area contributed by atoms with E-state index in [1.165, 1.54) is 0 Å². The van der Waals surface area contributed by atoms with E-state index in [0.29, 0.717) is 19.0 Å². The van der Waals surface area contributed by atoms with Crippen molar-refractivity contribution in [2.24, 2.45) is 0 Å².